The van der Waals surface area contributed by atoms with E-state index in [4.69, 9.17) is 9.15 Å². The summed E-state index contributed by atoms with van der Waals surface area (Å²) >= 11 is 1.50. The maximum atomic E-state index is 13.0. The van der Waals surface area contributed by atoms with E-state index in [0.29, 0.717) is 31.2 Å². The molecule has 0 radical (unpaired) electrons. The smallest absolute Gasteiger partial charge is 0.273 e. The second kappa shape index (κ2) is 8.80. The molecule has 1 aliphatic heterocycles. The lowest BCUT2D eigenvalue weighted by Crippen LogP contribution is -2.48. The van der Waals surface area contributed by atoms with Crippen LogP contribution in [-0.4, -0.2) is 53.5 Å². The van der Waals surface area contributed by atoms with E-state index in [0.717, 1.165) is 35.3 Å². The number of furan rings is 1. The number of thiazole rings is 1. The van der Waals surface area contributed by atoms with Crippen LogP contribution in [0.5, 0.6) is 5.75 Å². The standard InChI is InChI=1S/C22H25N3O3S/c1-3-27-18-8-6-17(7-9-18)15-24-10-12-25(13-11-24)22(26)20-16(2)29-21(23-20)19-5-4-14-28-19/h4-9,14H,3,10-13,15H2,1-2H3. The highest BCUT2D eigenvalue weighted by molar-refractivity contribution is 7.15. The van der Waals surface area contributed by atoms with Crippen molar-refractivity contribution < 1.29 is 13.9 Å². The van der Waals surface area contributed by atoms with Gasteiger partial charge in [-0.25, -0.2) is 4.98 Å². The van der Waals surface area contributed by atoms with Crippen LogP contribution in [0.15, 0.2) is 47.1 Å². The number of nitrogens with zero attached hydrogens (tertiary/aromatic N) is 3. The molecule has 0 saturated carbocycles. The van der Waals surface area contributed by atoms with Crippen LogP contribution in [-0.2, 0) is 6.54 Å². The van der Waals surface area contributed by atoms with Crippen LogP contribution in [0.3, 0.4) is 0 Å². The molecular weight excluding hydrogens is 386 g/mol. The highest BCUT2D eigenvalue weighted by Gasteiger charge is 2.26. The summed E-state index contributed by atoms with van der Waals surface area (Å²) in [6.07, 6.45) is 1.62. The maximum Gasteiger partial charge on any atom is 0.273 e. The number of rotatable bonds is 6. The third-order valence-electron chi connectivity index (χ3n) is 5.03. The number of aryl methyl sites for hydroxylation is 1. The minimum Gasteiger partial charge on any atom is -0.494 e. The molecule has 0 N–H and O–H groups in total. The fraction of sp³-hybridized carbons (Fsp3) is 0.364. The third kappa shape index (κ3) is 4.52. The van der Waals surface area contributed by atoms with Crippen molar-refractivity contribution in [1.29, 1.82) is 0 Å². The van der Waals surface area contributed by atoms with Crippen LogP contribution in [0.2, 0.25) is 0 Å². The summed E-state index contributed by atoms with van der Waals surface area (Å²) in [4.78, 5) is 22.7. The van der Waals surface area contributed by atoms with E-state index in [1.807, 2.05) is 43.0 Å². The fourth-order valence-corrected chi connectivity index (χ4v) is 4.35. The average molecular weight is 412 g/mol. The summed E-state index contributed by atoms with van der Waals surface area (Å²) in [5.74, 6) is 1.62. The second-order valence-electron chi connectivity index (χ2n) is 7.05. The maximum absolute atomic E-state index is 13.0. The van der Waals surface area contributed by atoms with Crippen molar-refractivity contribution in [3.8, 4) is 16.5 Å². The van der Waals surface area contributed by atoms with E-state index in [2.05, 4.69) is 22.0 Å². The number of benzene rings is 1. The van der Waals surface area contributed by atoms with Gasteiger partial charge in [-0.05, 0) is 43.7 Å². The largest absolute Gasteiger partial charge is 0.494 e. The summed E-state index contributed by atoms with van der Waals surface area (Å²) in [5, 5.41) is 0.755. The van der Waals surface area contributed by atoms with Crippen LogP contribution in [0.1, 0.15) is 27.9 Å². The molecule has 3 heterocycles. The van der Waals surface area contributed by atoms with Crippen molar-refractivity contribution in [1.82, 2.24) is 14.8 Å². The molecule has 6 nitrogen and oxygen atoms in total. The van der Waals surface area contributed by atoms with Crippen molar-refractivity contribution >= 4 is 17.2 Å². The molecule has 0 unspecified atom stereocenters. The molecule has 0 spiro atoms. The summed E-state index contributed by atoms with van der Waals surface area (Å²) in [5.41, 5.74) is 1.80. The second-order valence-corrected chi connectivity index (χ2v) is 8.25. The molecule has 1 amide bonds. The Kier molecular flexibility index (Phi) is 5.97. The first kappa shape index (κ1) is 19.7. The molecule has 0 atom stereocenters. The van der Waals surface area contributed by atoms with Gasteiger partial charge in [0.05, 0.1) is 12.9 Å². The van der Waals surface area contributed by atoms with Gasteiger partial charge in [-0.2, -0.15) is 0 Å². The molecule has 3 aromatic rings. The molecule has 7 heteroatoms. The number of aromatic nitrogens is 1. The van der Waals surface area contributed by atoms with Gasteiger partial charge < -0.3 is 14.1 Å². The first-order valence-corrected chi connectivity index (χ1v) is 10.7. The predicted octanol–water partition coefficient (Wildman–Crippen LogP) is 4.07. The van der Waals surface area contributed by atoms with E-state index in [-0.39, 0.29) is 5.91 Å². The van der Waals surface area contributed by atoms with Crippen molar-refractivity contribution in [3.05, 3.63) is 58.8 Å². The van der Waals surface area contributed by atoms with E-state index in [9.17, 15) is 4.79 Å². The van der Waals surface area contributed by atoms with E-state index < -0.39 is 0 Å². The number of ether oxygens (including phenoxy) is 1. The van der Waals surface area contributed by atoms with Crippen LogP contribution < -0.4 is 4.74 Å². The summed E-state index contributed by atoms with van der Waals surface area (Å²) in [7, 11) is 0. The Morgan fingerprint density at radius 3 is 2.59 bits per heavy atom. The summed E-state index contributed by atoms with van der Waals surface area (Å²) in [6.45, 7) is 8.62. The molecule has 4 rings (SSSR count). The van der Waals surface area contributed by atoms with E-state index in [1.54, 1.807) is 6.26 Å². The number of hydrogen-bond donors (Lipinski definition) is 0. The lowest BCUT2D eigenvalue weighted by molar-refractivity contribution is 0.0623. The van der Waals surface area contributed by atoms with Gasteiger partial charge in [0.1, 0.15) is 11.4 Å². The number of carbonyl (C=O) groups is 1. The molecule has 0 aliphatic carbocycles. The zero-order valence-electron chi connectivity index (χ0n) is 16.8. The molecule has 152 valence electrons. The number of amides is 1. The van der Waals surface area contributed by atoms with Crippen LogP contribution in [0.4, 0.5) is 0 Å². The van der Waals surface area contributed by atoms with Gasteiger partial charge in [-0.1, -0.05) is 12.1 Å². The van der Waals surface area contributed by atoms with Crippen molar-refractivity contribution in [2.75, 3.05) is 32.8 Å². The van der Waals surface area contributed by atoms with Gasteiger partial charge in [-0.3, -0.25) is 9.69 Å². The molecule has 0 bridgehead atoms. The molecule has 2 aromatic heterocycles. The van der Waals surface area contributed by atoms with Crippen LogP contribution >= 0.6 is 11.3 Å². The zero-order chi connectivity index (χ0) is 20.2. The molecule has 1 saturated heterocycles. The Labute approximate surface area is 174 Å². The minimum absolute atomic E-state index is 0.0114. The molecular formula is C22H25N3O3S. The van der Waals surface area contributed by atoms with Gasteiger partial charge in [0.25, 0.3) is 5.91 Å². The van der Waals surface area contributed by atoms with Gasteiger partial charge in [0, 0.05) is 37.6 Å². The Morgan fingerprint density at radius 2 is 1.93 bits per heavy atom. The normalized spacial score (nSPS) is 14.9. The Hall–Kier alpha value is -2.64. The third-order valence-corrected chi connectivity index (χ3v) is 6.02. The van der Waals surface area contributed by atoms with Gasteiger partial charge in [-0.15, -0.1) is 11.3 Å². The fourth-order valence-electron chi connectivity index (χ4n) is 3.48. The zero-order valence-corrected chi connectivity index (χ0v) is 17.6. The Bertz CT molecular complexity index is 942. The number of hydrogen-bond acceptors (Lipinski definition) is 6. The summed E-state index contributed by atoms with van der Waals surface area (Å²) in [6, 6.07) is 11.9. The van der Waals surface area contributed by atoms with Gasteiger partial charge in [0.2, 0.25) is 0 Å². The molecule has 1 fully saturated rings. The van der Waals surface area contributed by atoms with Crippen LogP contribution in [0.25, 0.3) is 10.8 Å². The van der Waals surface area contributed by atoms with Gasteiger partial charge in [0.15, 0.2) is 10.8 Å². The highest BCUT2D eigenvalue weighted by atomic mass is 32.1. The van der Waals surface area contributed by atoms with E-state index in [1.165, 1.54) is 16.9 Å². The monoisotopic (exact) mass is 411 g/mol. The highest BCUT2D eigenvalue weighted by Crippen LogP contribution is 2.28. The number of piperazine rings is 1. The SMILES string of the molecule is CCOc1ccc(CN2CCN(C(=O)c3nc(-c4ccco4)sc3C)CC2)cc1. The predicted molar refractivity (Wildman–Crippen MR) is 113 cm³/mol. The Balaban J connectivity index is 1.34. The minimum atomic E-state index is 0.0114. The van der Waals surface area contributed by atoms with E-state index >= 15 is 0 Å². The lowest BCUT2D eigenvalue weighted by atomic mass is 10.2. The molecule has 29 heavy (non-hydrogen) atoms. The van der Waals surface area contributed by atoms with Gasteiger partial charge >= 0.3 is 0 Å². The first-order valence-electron chi connectivity index (χ1n) is 9.88. The lowest BCUT2D eigenvalue weighted by Gasteiger charge is -2.34. The van der Waals surface area contributed by atoms with Crippen molar-refractivity contribution in [2.24, 2.45) is 0 Å². The molecule has 1 aliphatic rings. The number of carbonyl (C=O) groups excluding carboxylic acids is 1. The Morgan fingerprint density at radius 1 is 1.17 bits per heavy atom. The average Bonchev–Trinajstić information content (AvgIpc) is 3.39. The van der Waals surface area contributed by atoms with Crippen molar-refractivity contribution in [2.45, 2.75) is 20.4 Å². The molecule has 1 aromatic carbocycles. The summed E-state index contributed by atoms with van der Waals surface area (Å²) < 4.78 is 10.9. The van der Waals surface area contributed by atoms with Crippen molar-refractivity contribution in [3.63, 3.8) is 0 Å². The first-order chi connectivity index (χ1) is 14.1. The topological polar surface area (TPSA) is 58.8 Å². The van der Waals surface area contributed by atoms with Crippen LogP contribution in [0, 0.1) is 6.92 Å². The quantitative estimate of drug-likeness (QED) is 0.612.